The van der Waals surface area contributed by atoms with Crippen molar-refractivity contribution in [3.8, 4) is 11.5 Å². The maximum Gasteiger partial charge on any atom is 0.314 e. The average molecular weight is 330 g/mol. The molecule has 0 saturated carbocycles. The molecular weight excluding hydrogens is 324 g/mol. The second-order valence-corrected chi connectivity index (χ2v) is 4.40. The first-order valence-electron chi connectivity index (χ1n) is 5.04. The Morgan fingerprint density at radius 1 is 1.05 bits per heavy atom. The van der Waals surface area contributed by atoms with E-state index in [0.29, 0.717) is 4.47 Å². The zero-order valence-electron chi connectivity index (χ0n) is 9.27. The van der Waals surface area contributed by atoms with Gasteiger partial charge >= 0.3 is 5.69 Å². The second kappa shape index (κ2) is 5.31. The third-order valence-electron chi connectivity index (χ3n) is 2.23. The van der Waals surface area contributed by atoms with Crippen molar-refractivity contribution < 1.29 is 18.4 Å². The number of ether oxygens (including phenoxy) is 1. The van der Waals surface area contributed by atoms with Gasteiger partial charge in [0.2, 0.25) is 5.75 Å². The molecule has 0 fully saturated rings. The van der Waals surface area contributed by atoms with Crippen LogP contribution in [0.1, 0.15) is 0 Å². The molecule has 2 aromatic rings. The molecule has 0 spiro atoms. The number of nitro groups is 1. The first kappa shape index (κ1) is 13.4. The normalized spacial score (nSPS) is 10.3. The predicted octanol–water partition coefficient (Wildman–Crippen LogP) is 4.43. The van der Waals surface area contributed by atoms with Gasteiger partial charge in [0.15, 0.2) is 0 Å². The minimum absolute atomic E-state index is 0.126. The molecule has 0 atom stereocenters. The minimum Gasteiger partial charge on any atom is -0.449 e. The molecule has 2 aromatic carbocycles. The predicted molar refractivity (Wildman–Crippen MR) is 67.2 cm³/mol. The van der Waals surface area contributed by atoms with E-state index in [1.165, 1.54) is 6.07 Å². The van der Waals surface area contributed by atoms with Gasteiger partial charge in [0.1, 0.15) is 17.4 Å². The Hall–Kier alpha value is -2.02. The molecule has 0 heterocycles. The number of halogens is 3. The van der Waals surface area contributed by atoms with Gasteiger partial charge in [-0.25, -0.2) is 8.78 Å². The minimum atomic E-state index is -0.754. The summed E-state index contributed by atoms with van der Waals surface area (Å²) in [4.78, 5) is 10.0. The number of benzene rings is 2. The lowest BCUT2D eigenvalue weighted by Gasteiger charge is -2.08. The average Bonchev–Trinajstić information content (AvgIpc) is 2.34. The molecule has 0 aliphatic heterocycles. The standard InChI is InChI=1S/C12H6BrF2NO3/c13-9-5-7(14)1-3-11(9)19-12-4-2-8(15)6-10(12)16(17)18/h1-6H. The number of hydrogen-bond acceptors (Lipinski definition) is 3. The van der Waals surface area contributed by atoms with Crippen molar-refractivity contribution in [1.82, 2.24) is 0 Å². The molecular formula is C12H6BrF2NO3. The van der Waals surface area contributed by atoms with E-state index >= 15 is 0 Å². The van der Waals surface area contributed by atoms with Crippen LogP contribution in [0.3, 0.4) is 0 Å². The van der Waals surface area contributed by atoms with Gasteiger partial charge in [-0.1, -0.05) is 0 Å². The number of nitro benzene ring substituents is 1. The van der Waals surface area contributed by atoms with Crippen LogP contribution in [0.15, 0.2) is 40.9 Å². The van der Waals surface area contributed by atoms with Crippen LogP contribution < -0.4 is 4.74 Å². The van der Waals surface area contributed by atoms with Crippen molar-refractivity contribution in [2.24, 2.45) is 0 Å². The molecule has 0 bridgehead atoms. The van der Waals surface area contributed by atoms with Crippen molar-refractivity contribution in [2.45, 2.75) is 0 Å². The van der Waals surface area contributed by atoms with E-state index in [1.54, 1.807) is 0 Å². The van der Waals surface area contributed by atoms with Gasteiger partial charge in [0, 0.05) is 0 Å². The highest BCUT2D eigenvalue weighted by Gasteiger charge is 2.18. The van der Waals surface area contributed by atoms with Crippen molar-refractivity contribution in [3.63, 3.8) is 0 Å². The Labute approximate surface area is 114 Å². The van der Waals surface area contributed by atoms with Crippen LogP contribution in [0.25, 0.3) is 0 Å². The number of hydrogen-bond donors (Lipinski definition) is 0. The van der Waals surface area contributed by atoms with Crippen LogP contribution in [-0.2, 0) is 0 Å². The van der Waals surface area contributed by atoms with Gasteiger partial charge in [-0.3, -0.25) is 10.1 Å². The molecule has 4 nitrogen and oxygen atoms in total. The van der Waals surface area contributed by atoms with Crippen LogP contribution >= 0.6 is 15.9 Å². The van der Waals surface area contributed by atoms with Gasteiger partial charge in [-0.15, -0.1) is 0 Å². The van der Waals surface area contributed by atoms with Gasteiger partial charge in [-0.2, -0.15) is 0 Å². The lowest BCUT2D eigenvalue weighted by atomic mass is 10.3. The Morgan fingerprint density at radius 3 is 2.21 bits per heavy atom. The van der Waals surface area contributed by atoms with Crippen LogP contribution in [0.4, 0.5) is 14.5 Å². The first-order valence-corrected chi connectivity index (χ1v) is 5.83. The summed E-state index contributed by atoms with van der Waals surface area (Å²) < 4.78 is 31.5. The first-order chi connectivity index (χ1) is 8.97. The second-order valence-electron chi connectivity index (χ2n) is 3.55. The third kappa shape index (κ3) is 3.05. The monoisotopic (exact) mass is 329 g/mol. The topological polar surface area (TPSA) is 52.4 Å². The quantitative estimate of drug-likeness (QED) is 0.618. The van der Waals surface area contributed by atoms with Gasteiger partial charge < -0.3 is 4.74 Å². The van der Waals surface area contributed by atoms with E-state index in [0.717, 1.165) is 30.3 Å². The molecule has 0 radical (unpaired) electrons. The fourth-order valence-corrected chi connectivity index (χ4v) is 1.83. The molecule has 19 heavy (non-hydrogen) atoms. The van der Waals surface area contributed by atoms with Crippen LogP contribution in [0, 0.1) is 21.7 Å². The Balaban J connectivity index is 2.40. The summed E-state index contributed by atoms with van der Waals surface area (Å²) in [5, 5.41) is 10.8. The Kier molecular flexibility index (Phi) is 3.75. The molecule has 98 valence electrons. The largest absolute Gasteiger partial charge is 0.449 e. The van der Waals surface area contributed by atoms with Crippen molar-refractivity contribution >= 4 is 21.6 Å². The molecule has 0 saturated heterocycles. The summed E-state index contributed by atoms with van der Waals surface area (Å²) in [5.74, 6) is -1.15. The van der Waals surface area contributed by atoms with E-state index in [-0.39, 0.29) is 11.5 Å². The zero-order valence-corrected chi connectivity index (χ0v) is 10.9. The molecule has 0 unspecified atom stereocenters. The summed E-state index contributed by atoms with van der Waals surface area (Å²) in [6.45, 7) is 0. The SMILES string of the molecule is O=[N+]([O-])c1cc(F)ccc1Oc1ccc(F)cc1Br. The molecule has 0 aliphatic carbocycles. The van der Waals surface area contributed by atoms with Gasteiger partial charge in [0.05, 0.1) is 15.5 Å². The highest BCUT2D eigenvalue weighted by atomic mass is 79.9. The van der Waals surface area contributed by atoms with Crippen molar-refractivity contribution in [2.75, 3.05) is 0 Å². The Bertz CT molecular complexity index is 649. The van der Waals surface area contributed by atoms with Crippen molar-refractivity contribution in [3.05, 3.63) is 62.6 Å². The van der Waals surface area contributed by atoms with Gasteiger partial charge in [-0.05, 0) is 46.3 Å². The third-order valence-corrected chi connectivity index (χ3v) is 2.85. The molecule has 2 rings (SSSR count). The fraction of sp³-hybridized carbons (Fsp3) is 0. The number of rotatable bonds is 3. The van der Waals surface area contributed by atoms with Crippen LogP contribution in [-0.4, -0.2) is 4.92 Å². The summed E-state index contributed by atoms with van der Waals surface area (Å²) >= 11 is 3.07. The molecule has 0 aliphatic rings. The lowest BCUT2D eigenvalue weighted by molar-refractivity contribution is -0.385. The maximum atomic E-state index is 13.0. The molecule has 0 amide bonds. The van der Waals surface area contributed by atoms with Gasteiger partial charge in [0.25, 0.3) is 0 Å². The number of nitrogens with zero attached hydrogens (tertiary/aromatic N) is 1. The van der Waals surface area contributed by atoms with Crippen LogP contribution in [0.5, 0.6) is 11.5 Å². The molecule has 0 N–H and O–H groups in total. The van der Waals surface area contributed by atoms with E-state index in [2.05, 4.69) is 15.9 Å². The summed E-state index contributed by atoms with van der Waals surface area (Å²) in [6, 6.07) is 6.56. The van der Waals surface area contributed by atoms with E-state index in [9.17, 15) is 18.9 Å². The smallest absolute Gasteiger partial charge is 0.314 e. The zero-order chi connectivity index (χ0) is 14.0. The highest BCUT2D eigenvalue weighted by Crippen LogP contribution is 2.35. The Morgan fingerprint density at radius 2 is 1.63 bits per heavy atom. The van der Waals surface area contributed by atoms with Crippen LogP contribution in [0.2, 0.25) is 0 Å². The summed E-state index contributed by atoms with van der Waals surface area (Å²) in [7, 11) is 0. The molecule has 7 heteroatoms. The van der Waals surface area contributed by atoms with E-state index < -0.39 is 22.2 Å². The fourth-order valence-electron chi connectivity index (χ4n) is 1.40. The maximum absolute atomic E-state index is 13.0. The van der Waals surface area contributed by atoms with Crippen molar-refractivity contribution in [1.29, 1.82) is 0 Å². The summed E-state index contributed by atoms with van der Waals surface area (Å²) in [6.07, 6.45) is 0. The summed E-state index contributed by atoms with van der Waals surface area (Å²) in [5.41, 5.74) is -0.503. The van der Waals surface area contributed by atoms with E-state index in [4.69, 9.17) is 4.74 Å². The highest BCUT2D eigenvalue weighted by molar-refractivity contribution is 9.10. The van der Waals surface area contributed by atoms with E-state index in [1.807, 2.05) is 0 Å². The molecule has 0 aromatic heterocycles. The lowest BCUT2D eigenvalue weighted by Crippen LogP contribution is -1.95.